The minimum absolute atomic E-state index is 0.113. The van der Waals surface area contributed by atoms with E-state index < -0.39 is 0 Å². The molecule has 0 aliphatic heterocycles. The number of carbonyl (C=O) groups is 1. The molecule has 0 N–H and O–H groups in total. The Morgan fingerprint density at radius 3 is 2.53 bits per heavy atom. The fourth-order valence-electron chi connectivity index (χ4n) is 2.60. The summed E-state index contributed by atoms with van der Waals surface area (Å²) in [5, 5.41) is 0. The predicted octanol–water partition coefficient (Wildman–Crippen LogP) is 2.39. The van der Waals surface area contributed by atoms with Crippen LogP contribution in [0, 0.1) is 11.8 Å². The Kier molecular flexibility index (Phi) is 5.26. The first-order valence-electron chi connectivity index (χ1n) is 5.75. The van der Waals surface area contributed by atoms with Gasteiger partial charge < -0.3 is 9.47 Å². The van der Waals surface area contributed by atoms with Gasteiger partial charge in [-0.2, -0.15) is 0 Å². The number of carbonyl (C=O) groups excluding carboxylic acids is 1. The van der Waals surface area contributed by atoms with Crippen LogP contribution in [0.25, 0.3) is 0 Å². The summed E-state index contributed by atoms with van der Waals surface area (Å²) in [6.07, 6.45) is 5.27. The molecule has 88 valence electrons. The molecule has 15 heavy (non-hydrogen) atoms. The Balaban J connectivity index is 2.34. The number of ketones is 1. The predicted molar refractivity (Wildman–Crippen MR) is 58.6 cm³/mol. The van der Waals surface area contributed by atoms with E-state index in [1.165, 1.54) is 12.8 Å². The smallest absolute Gasteiger partial charge is 0.156 e. The van der Waals surface area contributed by atoms with Gasteiger partial charge in [-0.3, -0.25) is 4.79 Å². The zero-order valence-corrected chi connectivity index (χ0v) is 9.99. The van der Waals surface area contributed by atoms with Crippen molar-refractivity contribution in [2.75, 3.05) is 14.2 Å². The molecule has 0 unspecified atom stereocenters. The van der Waals surface area contributed by atoms with Gasteiger partial charge in [-0.15, -0.1) is 0 Å². The van der Waals surface area contributed by atoms with E-state index in [1.807, 2.05) is 0 Å². The second-order valence-electron chi connectivity index (χ2n) is 4.39. The van der Waals surface area contributed by atoms with Crippen LogP contribution in [0.5, 0.6) is 0 Å². The largest absolute Gasteiger partial charge is 0.356 e. The maximum absolute atomic E-state index is 11.4. The van der Waals surface area contributed by atoms with E-state index in [0.717, 1.165) is 19.3 Å². The summed E-state index contributed by atoms with van der Waals surface area (Å²) in [5.41, 5.74) is 0. The molecule has 0 spiro atoms. The lowest BCUT2D eigenvalue weighted by atomic mass is 9.89. The van der Waals surface area contributed by atoms with Gasteiger partial charge in [-0.05, 0) is 38.5 Å². The average Bonchev–Trinajstić information content (AvgIpc) is 2.67. The van der Waals surface area contributed by atoms with Crippen LogP contribution in [-0.2, 0) is 14.3 Å². The van der Waals surface area contributed by atoms with E-state index in [9.17, 15) is 4.79 Å². The Labute approximate surface area is 92.1 Å². The molecular weight excluding hydrogens is 192 g/mol. The lowest BCUT2D eigenvalue weighted by molar-refractivity contribution is -0.123. The molecule has 1 saturated carbocycles. The number of methoxy groups -OCH3 is 2. The van der Waals surface area contributed by atoms with Gasteiger partial charge in [-0.25, -0.2) is 0 Å². The zero-order chi connectivity index (χ0) is 11.3. The summed E-state index contributed by atoms with van der Waals surface area (Å²) >= 11 is 0. The summed E-state index contributed by atoms with van der Waals surface area (Å²) in [6.45, 7) is 1.72. The number of ether oxygens (including phenoxy) is 2. The summed E-state index contributed by atoms with van der Waals surface area (Å²) < 4.78 is 10.3. The molecule has 1 rings (SSSR count). The van der Waals surface area contributed by atoms with Crippen molar-refractivity contribution in [1.82, 2.24) is 0 Å². The third kappa shape index (κ3) is 3.58. The van der Waals surface area contributed by atoms with Gasteiger partial charge in [0.1, 0.15) is 5.78 Å². The molecule has 0 amide bonds. The highest BCUT2D eigenvalue weighted by molar-refractivity contribution is 5.78. The molecule has 0 saturated heterocycles. The fourth-order valence-corrected chi connectivity index (χ4v) is 2.60. The van der Waals surface area contributed by atoms with Gasteiger partial charge in [0.2, 0.25) is 0 Å². The topological polar surface area (TPSA) is 35.5 Å². The van der Waals surface area contributed by atoms with Crippen LogP contribution >= 0.6 is 0 Å². The van der Waals surface area contributed by atoms with Crippen molar-refractivity contribution in [3.8, 4) is 0 Å². The molecule has 0 heterocycles. The average molecular weight is 214 g/mol. The van der Waals surface area contributed by atoms with E-state index in [4.69, 9.17) is 9.47 Å². The second-order valence-corrected chi connectivity index (χ2v) is 4.39. The maximum atomic E-state index is 11.4. The fraction of sp³-hybridized carbons (Fsp3) is 0.917. The normalized spacial score (nSPS) is 26.1. The molecular formula is C12H22O3. The van der Waals surface area contributed by atoms with Gasteiger partial charge in [0.25, 0.3) is 0 Å². The maximum Gasteiger partial charge on any atom is 0.156 e. The molecule has 3 nitrogen and oxygen atoms in total. The highest BCUT2D eigenvalue weighted by atomic mass is 16.7. The lowest BCUT2D eigenvalue weighted by Gasteiger charge is -2.19. The molecule has 0 aromatic rings. The Bertz CT molecular complexity index is 199. The number of rotatable bonds is 6. The van der Waals surface area contributed by atoms with E-state index in [0.29, 0.717) is 17.6 Å². The van der Waals surface area contributed by atoms with E-state index >= 15 is 0 Å². The van der Waals surface area contributed by atoms with E-state index in [1.54, 1.807) is 21.1 Å². The van der Waals surface area contributed by atoms with Crippen molar-refractivity contribution in [2.45, 2.75) is 45.3 Å². The minimum Gasteiger partial charge on any atom is -0.356 e. The van der Waals surface area contributed by atoms with Crippen molar-refractivity contribution < 1.29 is 14.3 Å². The van der Waals surface area contributed by atoms with Crippen LogP contribution in [0.2, 0.25) is 0 Å². The summed E-state index contributed by atoms with van der Waals surface area (Å²) in [5.74, 6) is 1.19. The molecule has 1 aliphatic carbocycles. The van der Waals surface area contributed by atoms with Gasteiger partial charge in [-0.1, -0.05) is 6.42 Å². The third-order valence-electron chi connectivity index (χ3n) is 3.48. The van der Waals surface area contributed by atoms with Crippen LogP contribution in [0.3, 0.4) is 0 Å². The summed E-state index contributed by atoms with van der Waals surface area (Å²) in [7, 11) is 3.32. The van der Waals surface area contributed by atoms with Crippen LogP contribution in [0.15, 0.2) is 0 Å². The van der Waals surface area contributed by atoms with Crippen molar-refractivity contribution in [2.24, 2.45) is 11.8 Å². The first-order valence-corrected chi connectivity index (χ1v) is 5.75. The molecule has 1 fully saturated rings. The molecule has 0 aromatic heterocycles. The quantitative estimate of drug-likeness (QED) is 0.637. The van der Waals surface area contributed by atoms with Crippen molar-refractivity contribution in [3.05, 3.63) is 0 Å². The van der Waals surface area contributed by atoms with Crippen LogP contribution < -0.4 is 0 Å². The van der Waals surface area contributed by atoms with Crippen LogP contribution in [-0.4, -0.2) is 26.3 Å². The lowest BCUT2D eigenvalue weighted by Crippen LogP contribution is -2.19. The van der Waals surface area contributed by atoms with Crippen LogP contribution in [0.1, 0.15) is 39.0 Å². The standard InChI is InChI=1S/C12H22O3/c1-9(13)11-6-4-5-10(11)7-8-12(14-2)15-3/h10-12H,4-8H2,1-3H3/t10-,11-/m0/s1. The van der Waals surface area contributed by atoms with E-state index in [2.05, 4.69) is 0 Å². The number of hydrogen-bond donors (Lipinski definition) is 0. The molecule has 0 radical (unpaired) electrons. The second kappa shape index (κ2) is 6.23. The van der Waals surface area contributed by atoms with Gasteiger partial charge in [0, 0.05) is 20.1 Å². The highest BCUT2D eigenvalue weighted by Crippen LogP contribution is 2.35. The summed E-state index contributed by atoms with van der Waals surface area (Å²) in [6, 6.07) is 0. The molecule has 1 aliphatic rings. The number of hydrogen-bond acceptors (Lipinski definition) is 3. The first-order chi connectivity index (χ1) is 7.19. The Morgan fingerprint density at radius 1 is 1.33 bits per heavy atom. The monoisotopic (exact) mass is 214 g/mol. The molecule has 2 atom stereocenters. The Hall–Kier alpha value is -0.410. The van der Waals surface area contributed by atoms with Crippen LogP contribution in [0.4, 0.5) is 0 Å². The third-order valence-corrected chi connectivity index (χ3v) is 3.48. The van der Waals surface area contributed by atoms with Crippen molar-refractivity contribution in [1.29, 1.82) is 0 Å². The van der Waals surface area contributed by atoms with Crippen molar-refractivity contribution >= 4 is 5.78 Å². The minimum atomic E-state index is -0.113. The first kappa shape index (κ1) is 12.7. The highest BCUT2D eigenvalue weighted by Gasteiger charge is 2.30. The SMILES string of the molecule is COC(CC[C@@H]1CCC[C@H]1C(C)=O)OC. The van der Waals surface area contributed by atoms with E-state index in [-0.39, 0.29) is 6.29 Å². The van der Waals surface area contributed by atoms with Gasteiger partial charge in [0.05, 0.1) is 0 Å². The Morgan fingerprint density at radius 2 is 2.00 bits per heavy atom. The number of Topliss-reactive ketones (excluding diaryl/α,β-unsaturated/α-hetero) is 1. The van der Waals surface area contributed by atoms with Crippen molar-refractivity contribution in [3.63, 3.8) is 0 Å². The molecule has 3 heteroatoms. The zero-order valence-electron chi connectivity index (χ0n) is 9.99. The molecule has 0 aromatic carbocycles. The van der Waals surface area contributed by atoms with Gasteiger partial charge >= 0.3 is 0 Å². The summed E-state index contributed by atoms with van der Waals surface area (Å²) in [4.78, 5) is 11.4. The van der Waals surface area contributed by atoms with Gasteiger partial charge in [0.15, 0.2) is 6.29 Å². The molecule has 0 bridgehead atoms.